The molecule has 0 aliphatic rings. The molecule has 4 aromatic rings. The van der Waals surface area contributed by atoms with Crippen molar-refractivity contribution in [2.75, 3.05) is 0 Å². The van der Waals surface area contributed by atoms with E-state index in [4.69, 9.17) is 0 Å². The average molecular weight is 326 g/mol. The first-order chi connectivity index (χ1) is 12.2. The molecular weight excluding hydrogens is 312 g/mol. The fraction of sp³-hybridized carbons (Fsp3) is 0.105. The third-order valence-corrected chi connectivity index (χ3v) is 3.97. The van der Waals surface area contributed by atoms with Crippen molar-refractivity contribution in [3.8, 4) is 17.3 Å². The van der Waals surface area contributed by atoms with Gasteiger partial charge in [0, 0.05) is 18.0 Å². The average Bonchev–Trinajstić information content (AvgIpc) is 3.05. The van der Waals surface area contributed by atoms with Crippen molar-refractivity contribution < 1.29 is 0 Å². The van der Waals surface area contributed by atoms with Gasteiger partial charge < -0.3 is 4.57 Å². The lowest BCUT2D eigenvalue weighted by molar-refractivity contribution is 0.757. The van der Waals surface area contributed by atoms with Crippen molar-refractivity contribution in [1.29, 1.82) is 5.26 Å². The van der Waals surface area contributed by atoms with E-state index in [0.29, 0.717) is 23.6 Å². The number of nitrogens with zero attached hydrogens (tertiary/aromatic N) is 6. The molecule has 0 saturated carbocycles. The van der Waals surface area contributed by atoms with Crippen LogP contribution in [0.15, 0.2) is 55.1 Å². The van der Waals surface area contributed by atoms with Crippen LogP contribution in [0.1, 0.15) is 17.0 Å². The van der Waals surface area contributed by atoms with E-state index in [0.717, 1.165) is 22.3 Å². The van der Waals surface area contributed by atoms with Crippen molar-refractivity contribution in [1.82, 2.24) is 24.5 Å². The van der Waals surface area contributed by atoms with Crippen molar-refractivity contribution in [3.05, 3.63) is 72.1 Å². The molecule has 0 atom stereocenters. The van der Waals surface area contributed by atoms with Crippen molar-refractivity contribution >= 4 is 11.2 Å². The zero-order valence-corrected chi connectivity index (χ0v) is 13.6. The monoisotopic (exact) mass is 326 g/mol. The molecule has 6 heteroatoms. The molecule has 0 bridgehead atoms. The summed E-state index contributed by atoms with van der Waals surface area (Å²) in [5.41, 5.74) is 4.78. The second-order valence-corrected chi connectivity index (χ2v) is 5.74. The molecule has 0 spiro atoms. The Morgan fingerprint density at radius 2 is 1.92 bits per heavy atom. The van der Waals surface area contributed by atoms with Gasteiger partial charge in [-0.1, -0.05) is 29.8 Å². The highest BCUT2D eigenvalue weighted by Crippen LogP contribution is 2.21. The van der Waals surface area contributed by atoms with E-state index < -0.39 is 0 Å². The van der Waals surface area contributed by atoms with Gasteiger partial charge in [-0.15, -0.1) is 0 Å². The summed E-state index contributed by atoms with van der Waals surface area (Å²) < 4.78 is 1.90. The number of rotatable bonds is 3. The highest BCUT2D eigenvalue weighted by molar-refractivity contribution is 5.70. The summed E-state index contributed by atoms with van der Waals surface area (Å²) in [5, 5.41) is 9.37. The minimum atomic E-state index is 0.443. The Morgan fingerprint density at radius 3 is 2.72 bits per heavy atom. The number of fused-ring (bicyclic) bond motifs is 1. The number of benzene rings is 1. The molecule has 0 fully saturated rings. The SMILES string of the molecule is Cc1ccc(-c2nc(Cn3cnc4cccnc43)ncc2C#N)cc1. The van der Waals surface area contributed by atoms with Crippen LogP contribution in [0.4, 0.5) is 0 Å². The maximum absolute atomic E-state index is 9.37. The summed E-state index contributed by atoms with van der Waals surface area (Å²) in [5.74, 6) is 0.611. The van der Waals surface area contributed by atoms with E-state index in [1.54, 1.807) is 18.7 Å². The number of imidazole rings is 1. The fourth-order valence-electron chi connectivity index (χ4n) is 2.67. The quantitative estimate of drug-likeness (QED) is 0.578. The van der Waals surface area contributed by atoms with E-state index in [-0.39, 0.29) is 0 Å². The number of nitriles is 1. The van der Waals surface area contributed by atoms with Crippen molar-refractivity contribution in [2.45, 2.75) is 13.5 Å². The highest BCUT2D eigenvalue weighted by atomic mass is 15.1. The Kier molecular flexibility index (Phi) is 3.67. The highest BCUT2D eigenvalue weighted by Gasteiger charge is 2.11. The molecule has 0 aliphatic carbocycles. The Bertz CT molecular complexity index is 1090. The molecule has 120 valence electrons. The van der Waals surface area contributed by atoms with Crippen LogP contribution in [-0.2, 0) is 6.54 Å². The maximum atomic E-state index is 9.37. The summed E-state index contributed by atoms with van der Waals surface area (Å²) in [7, 11) is 0. The standard InChI is InChI=1S/C19H14N6/c1-13-4-6-14(7-5-13)18-15(9-20)10-22-17(24-18)11-25-12-23-16-3-2-8-21-19(16)25/h2-8,10,12H,11H2,1H3. The summed E-state index contributed by atoms with van der Waals surface area (Å²) in [6.07, 6.45) is 5.03. The third kappa shape index (κ3) is 2.83. The Labute approximate surface area is 144 Å². The van der Waals surface area contributed by atoms with Crippen molar-refractivity contribution in [2.24, 2.45) is 0 Å². The number of hydrogen-bond acceptors (Lipinski definition) is 5. The lowest BCUT2D eigenvalue weighted by Gasteiger charge is -2.07. The van der Waals surface area contributed by atoms with Crippen LogP contribution >= 0.6 is 0 Å². The molecule has 0 unspecified atom stereocenters. The van der Waals surface area contributed by atoms with Crippen LogP contribution in [0.5, 0.6) is 0 Å². The van der Waals surface area contributed by atoms with Gasteiger partial charge in [0.15, 0.2) is 5.65 Å². The molecule has 6 nitrogen and oxygen atoms in total. The maximum Gasteiger partial charge on any atom is 0.160 e. The van der Waals surface area contributed by atoms with Gasteiger partial charge in [-0.3, -0.25) is 0 Å². The molecular formula is C19H14N6. The smallest absolute Gasteiger partial charge is 0.160 e. The first kappa shape index (κ1) is 15.0. The summed E-state index contributed by atoms with van der Waals surface area (Å²) >= 11 is 0. The number of aryl methyl sites for hydroxylation is 1. The van der Waals surface area contributed by atoms with Gasteiger partial charge >= 0.3 is 0 Å². The Hall–Kier alpha value is -3.59. The molecule has 0 aliphatic heterocycles. The van der Waals surface area contributed by atoms with Crippen LogP contribution < -0.4 is 0 Å². The Morgan fingerprint density at radius 1 is 1.08 bits per heavy atom. The van der Waals surface area contributed by atoms with Gasteiger partial charge in [0.25, 0.3) is 0 Å². The zero-order chi connectivity index (χ0) is 17.2. The number of aromatic nitrogens is 5. The second-order valence-electron chi connectivity index (χ2n) is 5.74. The summed E-state index contributed by atoms with van der Waals surface area (Å²) in [4.78, 5) is 17.6. The van der Waals surface area contributed by atoms with Gasteiger partial charge in [-0.05, 0) is 19.1 Å². The van der Waals surface area contributed by atoms with Crippen molar-refractivity contribution in [3.63, 3.8) is 0 Å². The largest absolute Gasteiger partial charge is 0.308 e. The van der Waals surface area contributed by atoms with Crippen LogP contribution in [0.25, 0.3) is 22.4 Å². The minimum absolute atomic E-state index is 0.443. The van der Waals surface area contributed by atoms with E-state index in [1.807, 2.05) is 47.9 Å². The van der Waals surface area contributed by atoms with Crippen LogP contribution in [0.3, 0.4) is 0 Å². The van der Waals surface area contributed by atoms with Gasteiger partial charge in [0.1, 0.15) is 17.4 Å². The van der Waals surface area contributed by atoms with E-state index >= 15 is 0 Å². The number of hydrogen-bond donors (Lipinski definition) is 0. The molecule has 3 heterocycles. The molecule has 0 amide bonds. The predicted molar refractivity (Wildman–Crippen MR) is 93.6 cm³/mol. The van der Waals surface area contributed by atoms with Gasteiger partial charge in [-0.2, -0.15) is 5.26 Å². The molecule has 0 radical (unpaired) electrons. The van der Waals surface area contributed by atoms with Crippen LogP contribution in [-0.4, -0.2) is 24.5 Å². The third-order valence-electron chi connectivity index (χ3n) is 3.97. The molecule has 4 rings (SSSR count). The number of pyridine rings is 1. The minimum Gasteiger partial charge on any atom is -0.308 e. The fourth-order valence-corrected chi connectivity index (χ4v) is 2.67. The molecule has 25 heavy (non-hydrogen) atoms. The van der Waals surface area contributed by atoms with E-state index in [9.17, 15) is 5.26 Å². The normalized spacial score (nSPS) is 10.7. The Balaban J connectivity index is 1.75. The first-order valence-corrected chi connectivity index (χ1v) is 7.83. The van der Waals surface area contributed by atoms with E-state index in [2.05, 4.69) is 26.0 Å². The van der Waals surface area contributed by atoms with Crippen LogP contribution in [0, 0.1) is 18.3 Å². The van der Waals surface area contributed by atoms with Gasteiger partial charge in [0.2, 0.25) is 0 Å². The zero-order valence-electron chi connectivity index (χ0n) is 13.6. The van der Waals surface area contributed by atoms with Gasteiger partial charge in [0.05, 0.1) is 24.1 Å². The summed E-state index contributed by atoms with van der Waals surface area (Å²) in [6.45, 7) is 2.47. The second kappa shape index (κ2) is 6.13. The summed E-state index contributed by atoms with van der Waals surface area (Å²) in [6, 6.07) is 13.9. The first-order valence-electron chi connectivity index (χ1n) is 7.83. The molecule has 0 N–H and O–H groups in total. The predicted octanol–water partition coefficient (Wildman–Crippen LogP) is 3.12. The molecule has 0 saturated heterocycles. The molecule has 1 aromatic carbocycles. The topological polar surface area (TPSA) is 80.3 Å². The van der Waals surface area contributed by atoms with Crippen LogP contribution in [0.2, 0.25) is 0 Å². The lowest BCUT2D eigenvalue weighted by Crippen LogP contribution is -2.06. The molecule has 3 aromatic heterocycles. The lowest BCUT2D eigenvalue weighted by atomic mass is 10.1. The van der Waals surface area contributed by atoms with Gasteiger partial charge in [-0.25, -0.2) is 19.9 Å². The van der Waals surface area contributed by atoms with E-state index in [1.165, 1.54) is 0 Å².